The maximum atomic E-state index is 12.3. The van der Waals surface area contributed by atoms with E-state index in [4.69, 9.17) is 11.6 Å². The van der Waals surface area contributed by atoms with Crippen LogP contribution < -0.4 is 5.32 Å². The molecule has 4 nitrogen and oxygen atoms in total. The largest absolute Gasteiger partial charge is 0.351 e. The highest BCUT2D eigenvalue weighted by Crippen LogP contribution is 2.29. The van der Waals surface area contributed by atoms with Crippen molar-refractivity contribution < 1.29 is 9.59 Å². The van der Waals surface area contributed by atoms with Crippen LogP contribution in [0.15, 0.2) is 36.4 Å². The number of halogens is 1. The van der Waals surface area contributed by atoms with Crippen molar-refractivity contribution in [2.24, 2.45) is 0 Å². The third-order valence-corrected chi connectivity index (χ3v) is 5.68. The van der Waals surface area contributed by atoms with Gasteiger partial charge in [0.15, 0.2) is 0 Å². The highest BCUT2D eigenvalue weighted by atomic mass is 35.5. The zero-order valence-electron chi connectivity index (χ0n) is 14.0. The first kappa shape index (κ1) is 18.0. The van der Waals surface area contributed by atoms with Crippen LogP contribution in [-0.2, 0) is 4.79 Å². The number of likely N-dealkylation sites (tertiary alicyclic amines) is 1. The summed E-state index contributed by atoms with van der Waals surface area (Å²) in [5, 5.41) is 3.54. The monoisotopic (exact) mass is 376 g/mol. The molecule has 0 unspecified atom stereocenters. The van der Waals surface area contributed by atoms with Gasteiger partial charge in [-0.1, -0.05) is 23.7 Å². The van der Waals surface area contributed by atoms with Crippen LogP contribution >= 0.6 is 22.9 Å². The number of carbonyl (C=O) groups is 2. The van der Waals surface area contributed by atoms with E-state index in [1.165, 1.54) is 17.8 Å². The molecule has 1 aromatic carbocycles. The molecule has 0 bridgehead atoms. The average Bonchev–Trinajstić information content (AvgIpc) is 3.13. The van der Waals surface area contributed by atoms with Crippen molar-refractivity contribution in [1.29, 1.82) is 0 Å². The second-order valence-corrected chi connectivity index (χ2v) is 7.64. The van der Waals surface area contributed by atoms with Gasteiger partial charge in [-0.2, -0.15) is 0 Å². The van der Waals surface area contributed by atoms with Crippen LogP contribution in [0.1, 0.15) is 35.4 Å². The predicted molar refractivity (Wildman–Crippen MR) is 102 cm³/mol. The van der Waals surface area contributed by atoms with Gasteiger partial charge in [0.1, 0.15) is 0 Å². The van der Waals surface area contributed by atoms with E-state index < -0.39 is 0 Å². The number of rotatable bonds is 5. The van der Waals surface area contributed by atoms with Crippen LogP contribution in [-0.4, -0.2) is 36.3 Å². The van der Waals surface area contributed by atoms with Crippen molar-refractivity contribution >= 4 is 34.8 Å². The summed E-state index contributed by atoms with van der Waals surface area (Å²) in [5.41, 5.74) is 1.04. The van der Waals surface area contributed by atoms with Crippen LogP contribution in [0.25, 0.3) is 10.4 Å². The third-order valence-electron chi connectivity index (χ3n) is 4.29. The molecule has 132 valence electrons. The number of hydrogen-bond donors (Lipinski definition) is 1. The molecule has 0 radical (unpaired) electrons. The first-order chi connectivity index (χ1) is 12.1. The van der Waals surface area contributed by atoms with Gasteiger partial charge < -0.3 is 10.2 Å². The van der Waals surface area contributed by atoms with E-state index in [1.807, 2.05) is 41.3 Å². The summed E-state index contributed by atoms with van der Waals surface area (Å²) in [5.74, 6) is 0.00434. The zero-order chi connectivity index (χ0) is 17.6. The maximum Gasteiger partial charge on any atom is 0.261 e. The first-order valence-electron chi connectivity index (χ1n) is 8.55. The number of carbonyl (C=O) groups excluding carboxylic acids is 2. The molecule has 0 aliphatic carbocycles. The summed E-state index contributed by atoms with van der Waals surface area (Å²) in [6, 6.07) is 11.3. The van der Waals surface area contributed by atoms with Gasteiger partial charge in [-0.15, -0.1) is 11.3 Å². The number of thiophene rings is 1. The minimum atomic E-state index is -0.128. The highest BCUT2D eigenvalue weighted by molar-refractivity contribution is 7.17. The lowest BCUT2D eigenvalue weighted by Gasteiger charge is -2.26. The molecular weight excluding hydrogens is 356 g/mol. The number of amides is 2. The topological polar surface area (TPSA) is 49.4 Å². The van der Waals surface area contributed by atoms with E-state index in [0.717, 1.165) is 36.4 Å². The first-order valence-corrected chi connectivity index (χ1v) is 9.75. The summed E-state index contributed by atoms with van der Waals surface area (Å²) < 4.78 is 0. The lowest BCUT2D eigenvalue weighted by Crippen LogP contribution is -2.37. The normalized spacial score (nSPS) is 14.4. The Labute approximate surface area is 156 Å². The van der Waals surface area contributed by atoms with Crippen LogP contribution in [0.4, 0.5) is 0 Å². The van der Waals surface area contributed by atoms with E-state index in [-0.39, 0.29) is 11.8 Å². The van der Waals surface area contributed by atoms with Crippen LogP contribution in [0.3, 0.4) is 0 Å². The van der Waals surface area contributed by atoms with Crippen molar-refractivity contribution in [1.82, 2.24) is 10.2 Å². The van der Waals surface area contributed by atoms with E-state index in [1.54, 1.807) is 0 Å². The Morgan fingerprint density at radius 3 is 2.48 bits per heavy atom. The predicted octanol–water partition coefficient (Wildman–Crippen LogP) is 4.20. The molecule has 1 saturated heterocycles. The van der Waals surface area contributed by atoms with Crippen molar-refractivity contribution in [2.75, 3.05) is 19.6 Å². The number of piperidine rings is 1. The molecule has 25 heavy (non-hydrogen) atoms. The minimum Gasteiger partial charge on any atom is -0.351 e. The molecule has 1 aromatic heterocycles. The van der Waals surface area contributed by atoms with Crippen molar-refractivity contribution in [2.45, 2.75) is 25.7 Å². The van der Waals surface area contributed by atoms with Crippen molar-refractivity contribution in [3.63, 3.8) is 0 Å². The van der Waals surface area contributed by atoms with Crippen LogP contribution in [0, 0.1) is 0 Å². The third kappa shape index (κ3) is 4.83. The molecule has 2 aromatic rings. The molecule has 0 spiro atoms. The molecule has 6 heteroatoms. The van der Waals surface area contributed by atoms with Crippen LogP contribution in [0.5, 0.6) is 0 Å². The number of nitrogens with zero attached hydrogens (tertiary/aromatic N) is 1. The molecule has 3 rings (SSSR count). The van der Waals surface area contributed by atoms with Gasteiger partial charge in [0.25, 0.3) is 5.91 Å². The van der Waals surface area contributed by atoms with Crippen molar-refractivity contribution in [3.05, 3.63) is 46.3 Å². The summed E-state index contributed by atoms with van der Waals surface area (Å²) in [6.45, 7) is 2.08. The highest BCUT2D eigenvalue weighted by Gasteiger charge is 2.16. The Morgan fingerprint density at radius 2 is 1.76 bits per heavy atom. The van der Waals surface area contributed by atoms with Gasteiger partial charge in [0, 0.05) is 36.0 Å². The molecule has 0 atom stereocenters. The Balaban J connectivity index is 1.50. The van der Waals surface area contributed by atoms with E-state index >= 15 is 0 Å². The van der Waals surface area contributed by atoms with E-state index in [9.17, 15) is 9.59 Å². The molecule has 0 saturated carbocycles. The van der Waals surface area contributed by atoms with Crippen molar-refractivity contribution in [3.8, 4) is 10.4 Å². The second-order valence-electron chi connectivity index (χ2n) is 6.12. The quantitative estimate of drug-likeness (QED) is 0.850. The fraction of sp³-hybridized carbons (Fsp3) is 0.368. The lowest BCUT2D eigenvalue weighted by molar-refractivity contribution is -0.131. The van der Waals surface area contributed by atoms with Gasteiger partial charge in [-0.3, -0.25) is 9.59 Å². The summed E-state index contributed by atoms with van der Waals surface area (Å²) in [4.78, 5) is 27.9. The number of nitrogens with one attached hydrogen (secondary N) is 1. The number of hydrogen-bond acceptors (Lipinski definition) is 3. The molecule has 1 fully saturated rings. The second kappa shape index (κ2) is 8.50. The maximum absolute atomic E-state index is 12.3. The SMILES string of the molecule is O=C(NCCC(=O)N1CCCCC1)c1ccc(-c2ccc(Cl)cc2)s1. The Morgan fingerprint density at radius 1 is 1.04 bits per heavy atom. The minimum absolute atomic E-state index is 0.128. The smallest absolute Gasteiger partial charge is 0.261 e. The fourth-order valence-corrected chi connectivity index (χ4v) is 3.95. The fourth-order valence-electron chi connectivity index (χ4n) is 2.90. The molecule has 2 amide bonds. The number of benzene rings is 1. The molecule has 1 aliphatic rings. The molecule has 1 aliphatic heterocycles. The Kier molecular flexibility index (Phi) is 6.10. The van der Waals surface area contributed by atoms with Gasteiger partial charge in [0.2, 0.25) is 5.91 Å². The van der Waals surface area contributed by atoms with E-state index in [2.05, 4.69) is 5.32 Å². The molecule has 1 N–H and O–H groups in total. The Bertz CT molecular complexity index is 736. The molecular formula is C19H21ClN2O2S. The van der Waals surface area contributed by atoms with E-state index in [0.29, 0.717) is 22.9 Å². The van der Waals surface area contributed by atoms with Gasteiger partial charge in [-0.05, 0) is 49.1 Å². The van der Waals surface area contributed by atoms with Gasteiger partial charge >= 0.3 is 0 Å². The zero-order valence-corrected chi connectivity index (χ0v) is 15.5. The van der Waals surface area contributed by atoms with Gasteiger partial charge in [0.05, 0.1) is 4.88 Å². The Hall–Kier alpha value is -1.85. The van der Waals surface area contributed by atoms with Gasteiger partial charge in [-0.25, -0.2) is 0 Å². The standard InChI is InChI=1S/C19H21ClN2O2S/c20-15-6-4-14(5-7-15)16-8-9-17(25-16)19(24)21-11-10-18(23)22-12-2-1-3-13-22/h4-9H,1-3,10-13H2,(H,21,24). The average molecular weight is 377 g/mol. The summed E-state index contributed by atoms with van der Waals surface area (Å²) in [6.07, 6.45) is 3.73. The summed E-state index contributed by atoms with van der Waals surface area (Å²) in [7, 11) is 0. The lowest BCUT2D eigenvalue weighted by atomic mass is 10.1. The van der Waals surface area contributed by atoms with Crippen LogP contribution in [0.2, 0.25) is 5.02 Å². The summed E-state index contributed by atoms with van der Waals surface area (Å²) >= 11 is 7.34. The molecule has 2 heterocycles.